The summed E-state index contributed by atoms with van der Waals surface area (Å²) in [6.07, 6.45) is 10.3. The lowest BCUT2D eigenvalue weighted by Gasteiger charge is -2.44. The third kappa shape index (κ3) is 3.02. The lowest BCUT2D eigenvalue weighted by molar-refractivity contribution is 0.0489. The first-order chi connectivity index (χ1) is 10.3. The van der Waals surface area contributed by atoms with E-state index in [1.807, 2.05) is 0 Å². The maximum Gasteiger partial charge on any atom is 0.0224 e. The van der Waals surface area contributed by atoms with Gasteiger partial charge in [0.1, 0.15) is 0 Å². The Kier molecular flexibility index (Phi) is 4.25. The Balaban J connectivity index is 1.35. The van der Waals surface area contributed by atoms with Crippen LogP contribution >= 0.6 is 0 Å². The van der Waals surface area contributed by atoms with Gasteiger partial charge in [0.05, 0.1) is 0 Å². The largest absolute Gasteiger partial charge is 0.305 e. The van der Waals surface area contributed by atoms with E-state index in [0.29, 0.717) is 0 Å². The molecule has 120 valence electrons. The summed E-state index contributed by atoms with van der Waals surface area (Å²) >= 11 is 0. The molecular weight excluding hydrogens is 258 g/mol. The van der Waals surface area contributed by atoms with E-state index in [2.05, 4.69) is 21.7 Å². The van der Waals surface area contributed by atoms with E-state index in [1.165, 1.54) is 84.2 Å². The van der Waals surface area contributed by atoms with Crippen molar-refractivity contribution in [1.82, 2.24) is 14.7 Å². The molecule has 4 fully saturated rings. The van der Waals surface area contributed by atoms with Gasteiger partial charge in [-0.3, -0.25) is 9.80 Å². The molecule has 0 radical (unpaired) electrons. The van der Waals surface area contributed by atoms with Crippen molar-refractivity contribution >= 4 is 0 Å². The Bertz CT molecular complexity index is 346. The zero-order valence-electron chi connectivity index (χ0n) is 13.8. The van der Waals surface area contributed by atoms with Gasteiger partial charge in [-0.2, -0.15) is 0 Å². The molecule has 3 aliphatic heterocycles. The number of fused-ring (bicyclic) bond motifs is 1. The van der Waals surface area contributed by atoms with Gasteiger partial charge in [0.2, 0.25) is 0 Å². The highest BCUT2D eigenvalue weighted by atomic mass is 15.3. The topological polar surface area (TPSA) is 9.72 Å². The van der Waals surface area contributed by atoms with E-state index < -0.39 is 0 Å². The Morgan fingerprint density at radius 1 is 0.619 bits per heavy atom. The Labute approximate surface area is 130 Å². The van der Waals surface area contributed by atoms with Crippen molar-refractivity contribution in [2.45, 2.75) is 57.0 Å². The predicted octanol–water partition coefficient (Wildman–Crippen LogP) is 2.28. The summed E-state index contributed by atoms with van der Waals surface area (Å²) in [5.74, 6) is 2.11. The number of rotatable bonds is 2. The molecule has 0 N–H and O–H groups in total. The Morgan fingerprint density at radius 3 is 2.00 bits per heavy atom. The summed E-state index contributed by atoms with van der Waals surface area (Å²) in [5, 5.41) is 0. The molecule has 0 aromatic carbocycles. The first-order valence-corrected chi connectivity index (χ1v) is 9.46. The SMILES string of the molecule is CN1CCCC(N2CCCC(N3CC4CCCC4C3)C2)C1. The fraction of sp³-hybridized carbons (Fsp3) is 1.00. The van der Waals surface area contributed by atoms with Crippen LogP contribution in [0.15, 0.2) is 0 Å². The van der Waals surface area contributed by atoms with Crippen molar-refractivity contribution in [1.29, 1.82) is 0 Å². The molecule has 3 saturated heterocycles. The zero-order valence-corrected chi connectivity index (χ0v) is 13.8. The third-order valence-electron chi connectivity index (χ3n) is 6.81. The first kappa shape index (κ1) is 14.5. The Morgan fingerprint density at radius 2 is 1.29 bits per heavy atom. The van der Waals surface area contributed by atoms with Gasteiger partial charge in [0.15, 0.2) is 0 Å². The molecule has 0 amide bonds. The molecule has 3 heteroatoms. The number of piperidine rings is 2. The smallest absolute Gasteiger partial charge is 0.0224 e. The van der Waals surface area contributed by atoms with Gasteiger partial charge in [-0.15, -0.1) is 0 Å². The molecule has 3 heterocycles. The van der Waals surface area contributed by atoms with Crippen LogP contribution < -0.4 is 0 Å². The fourth-order valence-electron chi connectivity index (χ4n) is 5.62. The molecule has 1 aliphatic carbocycles. The number of nitrogens with zero attached hydrogens (tertiary/aromatic N) is 3. The number of hydrogen-bond donors (Lipinski definition) is 0. The quantitative estimate of drug-likeness (QED) is 0.773. The first-order valence-electron chi connectivity index (χ1n) is 9.46. The van der Waals surface area contributed by atoms with E-state index >= 15 is 0 Å². The fourth-order valence-corrected chi connectivity index (χ4v) is 5.62. The van der Waals surface area contributed by atoms with Gasteiger partial charge in [-0.05, 0) is 70.5 Å². The minimum Gasteiger partial charge on any atom is -0.305 e. The van der Waals surface area contributed by atoms with Crippen LogP contribution in [-0.4, -0.2) is 73.1 Å². The van der Waals surface area contributed by atoms with E-state index in [-0.39, 0.29) is 0 Å². The lowest BCUT2D eigenvalue weighted by Crippen LogP contribution is -2.54. The van der Waals surface area contributed by atoms with Crippen LogP contribution in [0.4, 0.5) is 0 Å². The normalized spacial score (nSPS) is 43.3. The van der Waals surface area contributed by atoms with Crippen LogP contribution in [-0.2, 0) is 0 Å². The van der Waals surface area contributed by atoms with E-state index in [0.717, 1.165) is 23.9 Å². The zero-order chi connectivity index (χ0) is 14.2. The second-order valence-corrected chi connectivity index (χ2v) is 8.25. The molecule has 0 aromatic rings. The van der Waals surface area contributed by atoms with Gasteiger partial charge >= 0.3 is 0 Å². The Hall–Kier alpha value is -0.120. The predicted molar refractivity (Wildman–Crippen MR) is 87.5 cm³/mol. The number of likely N-dealkylation sites (N-methyl/N-ethyl adjacent to an activating group) is 1. The van der Waals surface area contributed by atoms with Crippen molar-refractivity contribution in [3.8, 4) is 0 Å². The molecule has 3 nitrogen and oxygen atoms in total. The second-order valence-electron chi connectivity index (χ2n) is 8.25. The number of hydrogen-bond acceptors (Lipinski definition) is 3. The molecular formula is C18H33N3. The third-order valence-corrected chi connectivity index (χ3v) is 6.81. The van der Waals surface area contributed by atoms with Crippen molar-refractivity contribution in [2.24, 2.45) is 11.8 Å². The van der Waals surface area contributed by atoms with Crippen LogP contribution in [0.1, 0.15) is 44.9 Å². The molecule has 0 bridgehead atoms. The minimum atomic E-state index is 0.841. The van der Waals surface area contributed by atoms with Crippen molar-refractivity contribution in [3.63, 3.8) is 0 Å². The monoisotopic (exact) mass is 291 g/mol. The van der Waals surface area contributed by atoms with Crippen molar-refractivity contribution < 1.29 is 0 Å². The van der Waals surface area contributed by atoms with Crippen LogP contribution in [0.3, 0.4) is 0 Å². The molecule has 4 rings (SSSR count). The summed E-state index contributed by atoms with van der Waals surface area (Å²) in [7, 11) is 2.30. The van der Waals surface area contributed by atoms with Crippen LogP contribution in [0.5, 0.6) is 0 Å². The van der Waals surface area contributed by atoms with Crippen molar-refractivity contribution in [3.05, 3.63) is 0 Å². The summed E-state index contributed by atoms with van der Waals surface area (Å²) in [6, 6.07) is 1.71. The standard InChI is InChI=1S/C18H33N3/c1-19-9-3-7-17(13-19)20-10-4-8-18(14-20)21-11-15-5-2-6-16(15)12-21/h15-18H,2-14H2,1H3. The van der Waals surface area contributed by atoms with Gasteiger partial charge < -0.3 is 4.90 Å². The van der Waals surface area contributed by atoms with Crippen LogP contribution in [0.2, 0.25) is 0 Å². The maximum atomic E-state index is 2.88. The molecule has 4 aliphatic rings. The maximum absolute atomic E-state index is 2.88. The molecule has 0 spiro atoms. The molecule has 1 saturated carbocycles. The molecule has 0 aromatic heterocycles. The van der Waals surface area contributed by atoms with E-state index in [4.69, 9.17) is 0 Å². The van der Waals surface area contributed by atoms with E-state index in [1.54, 1.807) is 0 Å². The van der Waals surface area contributed by atoms with Crippen LogP contribution in [0.25, 0.3) is 0 Å². The highest BCUT2D eigenvalue weighted by molar-refractivity contribution is 4.94. The summed E-state index contributed by atoms with van der Waals surface area (Å²) in [4.78, 5) is 8.27. The number of likely N-dealkylation sites (tertiary alicyclic amines) is 3. The average molecular weight is 291 g/mol. The second kappa shape index (κ2) is 6.17. The van der Waals surface area contributed by atoms with E-state index in [9.17, 15) is 0 Å². The van der Waals surface area contributed by atoms with Gasteiger partial charge in [-0.1, -0.05) is 6.42 Å². The van der Waals surface area contributed by atoms with Crippen molar-refractivity contribution in [2.75, 3.05) is 46.3 Å². The van der Waals surface area contributed by atoms with Crippen LogP contribution in [0, 0.1) is 11.8 Å². The summed E-state index contributed by atoms with van der Waals surface area (Å²) < 4.78 is 0. The highest BCUT2D eigenvalue weighted by Gasteiger charge is 2.40. The highest BCUT2D eigenvalue weighted by Crippen LogP contribution is 2.39. The molecule has 21 heavy (non-hydrogen) atoms. The summed E-state index contributed by atoms with van der Waals surface area (Å²) in [6.45, 7) is 8.18. The van der Waals surface area contributed by atoms with Gasteiger partial charge in [0, 0.05) is 38.3 Å². The van der Waals surface area contributed by atoms with Gasteiger partial charge in [-0.25, -0.2) is 0 Å². The minimum absolute atomic E-state index is 0.841. The average Bonchev–Trinajstić information content (AvgIpc) is 3.09. The lowest BCUT2D eigenvalue weighted by atomic mass is 9.98. The molecule has 4 unspecified atom stereocenters. The van der Waals surface area contributed by atoms with Gasteiger partial charge in [0.25, 0.3) is 0 Å². The summed E-state index contributed by atoms with van der Waals surface area (Å²) in [5.41, 5.74) is 0. The molecule has 4 atom stereocenters.